The first-order valence-electron chi connectivity index (χ1n) is 3.00. The van der Waals surface area contributed by atoms with E-state index in [2.05, 4.69) is 4.99 Å². The molecule has 0 radical (unpaired) electrons. The van der Waals surface area contributed by atoms with Crippen molar-refractivity contribution in [2.24, 2.45) is 4.99 Å². The van der Waals surface area contributed by atoms with E-state index in [-0.39, 0.29) is 0 Å². The van der Waals surface area contributed by atoms with Crippen LogP contribution in [0.1, 0.15) is 0 Å². The van der Waals surface area contributed by atoms with Gasteiger partial charge in [-0.25, -0.2) is 4.99 Å². The van der Waals surface area contributed by atoms with Crippen molar-refractivity contribution in [3.05, 3.63) is 35.7 Å². The summed E-state index contributed by atoms with van der Waals surface area (Å²) in [4.78, 5) is 4.15. The minimum Gasteiger partial charge on any atom is -0.272 e. The molecule has 2 rings (SSSR count). The molecule has 2 aliphatic heterocycles. The normalized spacial score (nSPS) is 20.8. The molecule has 0 aliphatic carbocycles. The van der Waals surface area contributed by atoms with E-state index in [4.69, 9.17) is 0 Å². The summed E-state index contributed by atoms with van der Waals surface area (Å²) in [5.74, 6) is 0.995. The van der Waals surface area contributed by atoms with Crippen molar-refractivity contribution in [1.82, 2.24) is 4.31 Å². The summed E-state index contributed by atoms with van der Waals surface area (Å²) in [5.41, 5.74) is 0. The highest BCUT2D eigenvalue weighted by Gasteiger charge is 2.07. The predicted octanol–water partition coefficient (Wildman–Crippen LogP) is 1.90. The molecule has 10 heavy (non-hydrogen) atoms. The molecular weight excluding hydrogens is 144 g/mol. The summed E-state index contributed by atoms with van der Waals surface area (Å²) in [5, 5.41) is 2.02. The lowest BCUT2D eigenvalue weighted by atomic mass is 10.5. The third kappa shape index (κ3) is 0.885. The number of fused-ring (bicyclic) bond motifs is 1. The summed E-state index contributed by atoms with van der Waals surface area (Å²) in [7, 11) is 0. The fourth-order valence-corrected chi connectivity index (χ4v) is 1.44. The summed E-state index contributed by atoms with van der Waals surface area (Å²) >= 11 is 1.63. The number of aliphatic imine (C=N–C) groups is 1. The Morgan fingerprint density at radius 2 is 2.40 bits per heavy atom. The van der Waals surface area contributed by atoms with Crippen LogP contribution in [-0.4, -0.2) is 10.5 Å². The van der Waals surface area contributed by atoms with E-state index in [1.54, 1.807) is 18.2 Å². The lowest BCUT2D eigenvalue weighted by Crippen LogP contribution is -2.09. The molecule has 0 aromatic rings. The smallest absolute Gasteiger partial charge is 0.142 e. The fourth-order valence-electron chi connectivity index (χ4n) is 0.801. The van der Waals surface area contributed by atoms with Crippen molar-refractivity contribution < 1.29 is 0 Å². The van der Waals surface area contributed by atoms with Crippen molar-refractivity contribution in [3.8, 4) is 0 Å². The van der Waals surface area contributed by atoms with Crippen molar-refractivity contribution in [1.29, 1.82) is 0 Å². The van der Waals surface area contributed by atoms with Gasteiger partial charge in [-0.3, -0.25) is 4.31 Å². The van der Waals surface area contributed by atoms with Gasteiger partial charge in [-0.1, -0.05) is 6.08 Å². The van der Waals surface area contributed by atoms with Gasteiger partial charge in [-0.05, 0) is 29.5 Å². The first kappa shape index (κ1) is 5.80. The number of nitrogens with zero attached hydrogens (tertiary/aromatic N) is 2. The molecular formula is C7H6N2S. The van der Waals surface area contributed by atoms with Gasteiger partial charge in [0, 0.05) is 12.4 Å². The molecule has 0 saturated carbocycles. The molecule has 0 N–H and O–H groups in total. The Kier molecular flexibility index (Phi) is 1.36. The monoisotopic (exact) mass is 150 g/mol. The summed E-state index contributed by atoms with van der Waals surface area (Å²) < 4.78 is 2.01. The van der Waals surface area contributed by atoms with Crippen molar-refractivity contribution in [2.75, 3.05) is 0 Å². The molecule has 0 aromatic heterocycles. The third-order valence-electron chi connectivity index (χ3n) is 1.24. The highest BCUT2D eigenvalue weighted by Crippen LogP contribution is 2.25. The second-order valence-electron chi connectivity index (χ2n) is 1.90. The molecule has 0 aromatic carbocycles. The van der Waals surface area contributed by atoms with Crippen LogP contribution in [0.15, 0.2) is 40.6 Å². The predicted molar refractivity (Wildman–Crippen MR) is 44.3 cm³/mol. The van der Waals surface area contributed by atoms with Gasteiger partial charge in [0.2, 0.25) is 0 Å². The Hall–Kier alpha value is -0.960. The zero-order chi connectivity index (χ0) is 6.81. The van der Waals surface area contributed by atoms with Crippen LogP contribution in [0.5, 0.6) is 0 Å². The Morgan fingerprint density at radius 1 is 1.40 bits per heavy atom. The van der Waals surface area contributed by atoms with E-state index in [1.165, 1.54) is 0 Å². The van der Waals surface area contributed by atoms with Crippen molar-refractivity contribution in [2.45, 2.75) is 0 Å². The minimum atomic E-state index is 0.995. The molecule has 0 unspecified atom stereocenters. The molecule has 0 amide bonds. The van der Waals surface area contributed by atoms with E-state index in [1.807, 2.05) is 34.1 Å². The van der Waals surface area contributed by atoms with Gasteiger partial charge in [-0.2, -0.15) is 0 Å². The zero-order valence-electron chi connectivity index (χ0n) is 5.27. The maximum atomic E-state index is 4.15. The lowest BCUT2D eigenvalue weighted by molar-refractivity contribution is 0.752. The first-order valence-corrected chi connectivity index (χ1v) is 3.84. The van der Waals surface area contributed by atoms with Gasteiger partial charge in [0.05, 0.1) is 0 Å². The molecule has 2 nitrogen and oxygen atoms in total. The van der Waals surface area contributed by atoms with Crippen molar-refractivity contribution >= 4 is 18.2 Å². The van der Waals surface area contributed by atoms with Crippen LogP contribution >= 0.6 is 11.9 Å². The first-order chi connectivity index (χ1) is 4.97. The molecule has 0 spiro atoms. The summed E-state index contributed by atoms with van der Waals surface area (Å²) in [6.07, 6.45) is 9.68. The standard InChI is InChI=1S/C7H6N2S/c1-3-7-8-4-2-5-9(7)10-6-1/h1-6H. The second-order valence-corrected chi connectivity index (χ2v) is 2.78. The largest absolute Gasteiger partial charge is 0.272 e. The molecule has 2 aliphatic rings. The molecule has 50 valence electrons. The average Bonchev–Trinajstić information content (AvgIpc) is 2.05. The van der Waals surface area contributed by atoms with Crippen LogP contribution in [0, 0.1) is 0 Å². The van der Waals surface area contributed by atoms with Crippen LogP contribution in [0.3, 0.4) is 0 Å². The van der Waals surface area contributed by atoms with Gasteiger partial charge >= 0.3 is 0 Å². The minimum absolute atomic E-state index is 0.995. The van der Waals surface area contributed by atoms with Crippen LogP contribution < -0.4 is 0 Å². The molecule has 0 atom stereocenters. The fraction of sp³-hybridized carbons (Fsp3) is 0. The number of rotatable bonds is 0. The van der Waals surface area contributed by atoms with Crippen LogP contribution in [-0.2, 0) is 0 Å². The van der Waals surface area contributed by atoms with Gasteiger partial charge < -0.3 is 0 Å². The topological polar surface area (TPSA) is 15.6 Å². The maximum absolute atomic E-state index is 4.15. The van der Waals surface area contributed by atoms with E-state index < -0.39 is 0 Å². The maximum Gasteiger partial charge on any atom is 0.142 e. The Bertz CT molecular complexity index is 250. The van der Waals surface area contributed by atoms with Gasteiger partial charge in [-0.15, -0.1) is 0 Å². The van der Waals surface area contributed by atoms with E-state index in [9.17, 15) is 0 Å². The van der Waals surface area contributed by atoms with Crippen LogP contribution in [0.25, 0.3) is 0 Å². The van der Waals surface area contributed by atoms with Gasteiger partial charge in [0.25, 0.3) is 0 Å². The van der Waals surface area contributed by atoms with Gasteiger partial charge in [0.1, 0.15) is 5.82 Å². The molecule has 3 heteroatoms. The van der Waals surface area contributed by atoms with E-state index in [0.717, 1.165) is 5.82 Å². The summed E-state index contributed by atoms with van der Waals surface area (Å²) in [6, 6.07) is 0. The summed E-state index contributed by atoms with van der Waals surface area (Å²) in [6.45, 7) is 0. The Labute approximate surface area is 63.8 Å². The highest BCUT2D eigenvalue weighted by molar-refractivity contribution is 8.00. The zero-order valence-corrected chi connectivity index (χ0v) is 6.08. The molecule has 0 bridgehead atoms. The second kappa shape index (κ2) is 2.34. The van der Waals surface area contributed by atoms with Crippen molar-refractivity contribution in [3.63, 3.8) is 0 Å². The Morgan fingerprint density at radius 3 is 3.30 bits per heavy atom. The highest BCUT2D eigenvalue weighted by atomic mass is 32.2. The Balaban J connectivity index is 2.34. The van der Waals surface area contributed by atoms with E-state index in [0.29, 0.717) is 0 Å². The molecule has 0 saturated heterocycles. The van der Waals surface area contributed by atoms with E-state index >= 15 is 0 Å². The number of hydrogen-bond acceptors (Lipinski definition) is 3. The lowest BCUT2D eigenvalue weighted by Gasteiger charge is -2.20. The van der Waals surface area contributed by atoms with Crippen LogP contribution in [0.2, 0.25) is 0 Å². The quantitative estimate of drug-likeness (QED) is 0.490. The molecule has 2 heterocycles. The average molecular weight is 150 g/mol. The number of hydrogen-bond donors (Lipinski definition) is 0. The molecule has 0 fully saturated rings. The van der Waals surface area contributed by atoms with Crippen LogP contribution in [0.4, 0.5) is 0 Å². The number of allylic oxidation sites excluding steroid dienone is 3. The SMILES string of the molecule is C1=CSN2C=CC=NC2=C1. The third-order valence-corrected chi connectivity index (χ3v) is 2.05. The van der Waals surface area contributed by atoms with Gasteiger partial charge in [0.15, 0.2) is 0 Å².